The quantitative estimate of drug-likeness (QED) is 0.855. The van der Waals surface area contributed by atoms with Crippen molar-refractivity contribution in [3.63, 3.8) is 0 Å². The first-order valence-corrected chi connectivity index (χ1v) is 4.83. The number of nitrogens with two attached hydrogens (primary N) is 1. The van der Waals surface area contributed by atoms with Gasteiger partial charge in [0.2, 0.25) is 0 Å². The van der Waals surface area contributed by atoms with Crippen molar-refractivity contribution in [2.75, 3.05) is 0 Å². The van der Waals surface area contributed by atoms with E-state index in [1.807, 2.05) is 17.5 Å². The summed E-state index contributed by atoms with van der Waals surface area (Å²) >= 11 is 1.61. The van der Waals surface area contributed by atoms with E-state index in [2.05, 4.69) is 9.97 Å². The fraction of sp³-hybridized carbons (Fsp3) is 0.111. The predicted octanol–water partition coefficient (Wildman–Crippen LogP) is 2.09. The minimum absolute atomic E-state index is 0. The molecule has 0 unspecified atom stereocenters. The summed E-state index contributed by atoms with van der Waals surface area (Å²) in [5.74, 6) is 0. The fourth-order valence-electron chi connectivity index (χ4n) is 1.03. The number of hydrogen-bond acceptors (Lipinski definition) is 4. The van der Waals surface area contributed by atoms with Gasteiger partial charge in [-0.1, -0.05) is 0 Å². The Labute approximate surface area is 92.4 Å². The summed E-state index contributed by atoms with van der Waals surface area (Å²) in [6.45, 7) is 0.502. The lowest BCUT2D eigenvalue weighted by molar-refractivity contribution is 1.01. The smallest absolute Gasteiger partial charge is 0.123 e. The molecule has 0 aliphatic heterocycles. The van der Waals surface area contributed by atoms with E-state index in [1.165, 1.54) is 0 Å². The molecule has 2 N–H and O–H groups in total. The number of rotatable bonds is 2. The third kappa shape index (κ3) is 2.29. The van der Waals surface area contributed by atoms with Crippen LogP contribution in [-0.2, 0) is 6.54 Å². The van der Waals surface area contributed by atoms with Gasteiger partial charge in [0.15, 0.2) is 0 Å². The van der Waals surface area contributed by atoms with E-state index in [0.29, 0.717) is 6.54 Å². The van der Waals surface area contributed by atoms with E-state index in [4.69, 9.17) is 5.73 Å². The highest BCUT2D eigenvalue weighted by Crippen LogP contribution is 2.22. The maximum absolute atomic E-state index is 5.47. The Hall–Kier alpha value is -0.970. The number of hydrogen-bond donors (Lipinski definition) is 1. The molecule has 0 radical (unpaired) electrons. The molecule has 74 valence electrons. The Morgan fingerprint density at radius 3 is 2.57 bits per heavy atom. The standard InChI is InChI=1S/C9H9N3S.ClH/c10-5-8-6-13-9(12-8)7-1-3-11-4-2-7;/h1-4,6H,5,10H2;1H. The summed E-state index contributed by atoms with van der Waals surface area (Å²) in [4.78, 5) is 8.31. The van der Waals surface area contributed by atoms with Gasteiger partial charge >= 0.3 is 0 Å². The number of pyridine rings is 1. The third-order valence-corrected chi connectivity index (χ3v) is 2.63. The van der Waals surface area contributed by atoms with E-state index in [0.717, 1.165) is 16.3 Å². The summed E-state index contributed by atoms with van der Waals surface area (Å²) in [5, 5.41) is 2.98. The molecule has 0 fully saturated rings. The molecule has 0 aliphatic rings. The molecule has 2 heterocycles. The zero-order valence-corrected chi connectivity index (χ0v) is 9.02. The van der Waals surface area contributed by atoms with Crippen molar-refractivity contribution >= 4 is 23.7 Å². The first-order chi connectivity index (χ1) is 6.40. The van der Waals surface area contributed by atoms with E-state index >= 15 is 0 Å². The normalized spacial score (nSPS) is 9.50. The largest absolute Gasteiger partial charge is 0.325 e. The number of halogens is 1. The molecule has 0 amide bonds. The molecule has 2 rings (SSSR count). The van der Waals surface area contributed by atoms with Crippen LogP contribution in [0.15, 0.2) is 29.9 Å². The molecule has 2 aromatic heterocycles. The van der Waals surface area contributed by atoms with Crippen LogP contribution >= 0.6 is 23.7 Å². The van der Waals surface area contributed by atoms with Gasteiger partial charge in [-0.15, -0.1) is 23.7 Å². The predicted molar refractivity (Wildman–Crippen MR) is 60.5 cm³/mol. The van der Waals surface area contributed by atoms with E-state index in [-0.39, 0.29) is 12.4 Å². The Balaban J connectivity index is 0.000000980. The first kappa shape index (κ1) is 11.1. The summed E-state index contributed by atoms with van der Waals surface area (Å²) in [7, 11) is 0. The highest BCUT2D eigenvalue weighted by atomic mass is 35.5. The van der Waals surface area contributed by atoms with Gasteiger partial charge in [0, 0.05) is 29.9 Å². The van der Waals surface area contributed by atoms with Crippen molar-refractivity contribution in [2.45, 2.75) is 6.54 Å². The summed E-state index contributed by atoms with van der Waals surface area (Å²) in [6.07, 6.45) is 3.53. The van der Waals surface area contributed by atoms with Crippen molar-refractivity contribution in [1.29, 1.82) is 0 Å². The van der Waals surface area contributed by atoms with Crippen LogP contribution in [0.4, 0.5) is 0 Å². The highest BCUT2D eigenvalue weighted by molar-refractivity contribution is 7.13. The molecule has 0 spiro atoms. The molecule has 0 bridgehead atoms. The number of nitrogens with zero attached hydrogens (tertiary/aromatic N) is 2. The molecule has 5 heteroatoms. The van der Waals surface area contributed by atoms with E-state index in [9.17, 15) is 0 Å². The Kier molecular flexibility index (Phi) is 4.00. The van der Waals surface area contributed by atoms with Crippen LogP contribution in [0.5, 0.6) is 0 Å². The average molecular weight is 228 g/mol. The third-order valence-electron chi connectivity index (χ3n) is 1.69. The van der Waals surface area contributed by atoms with Crippen molar-refractivity contribution in [3.05, 3.63) is 35.6 Å². The molecule has 2 aromatic rings. The summed E-state index contributed by atoms with van der Waals surface area (Å²) in [6, 6.07) is 3.89. The fourth-order valence-corrected chi connectivity index (χ4v) is 1.87. The van der Waals surface area contributed by atoms with Crippen molar-refractivity contribution in [2.24, 2.45) is 5.73 Å². The lowest BCUT2D eigenvalue weighted by Crippen LogP contribution is -1.95. The van der Waals surface area contributed by atoms with Crippen molar-refractivity contribution in [1.82, 2.24) is 9.97 Å². The zero-order valence-electron chi connectivity index (χ0n) is 7.38. The molecule has 0 saturated heterocycles. The molecule has 0 atom stereocenters. The maximum atomic E-state index is 5.47. The molecular weight excluding hydrogens is 218 g/mol. The monoisotopic (exact) mass is 227 g/mol. The zero-order chi connectivity index (χ0) is 9.10. The van der Waals surface area contributed by atoms with Crippen LogP contribution in [0.1, 0.15) is 5.69 Å². The summed E-state index contributed by atoms with van der Waals surface area (Å²) in [5.41, 5.74) is 7.51. The van der Waals surface area contributed by atoms with E-state index < -0.39 is 0 Å². The second-order valence-corrected chi connectivity index (χ2v) is 3.44. The molecule has 0 aliphatic carbocycles. The minimum Gasteiger partial charge on any atom is -0.325 e. The summed E-state index contributed by atoms with van der Waals surface area (Å²) < 4.78 is 0. The van der Waals surface area contributed by atoms with Gasteiger partial charge in [0.25, 0.3) is 0 Å². The molecule has 14 heavy (non-hydrogen) atoms. The number of thiazole rings is 1. The second kappa shape index (κ2) is 5.05. The van der Waals surface area contributed by atoms with Gasteiger partial charge in [-0.05, 0) is 12.1 Å². The second-order valence-electron chi connectivity index (χ2n) is 2.58. The molecule has 0 aromatic carbocycles. The van der Waals surface area contributed by atoms with Gasteiger partial charge in [-0.25, -0.2) is 4.98 Å². The lowest BCUT2D eigenvalue weighted by Gasteiger charge is -1.92. The Morgan fingerprint density at radius 1 is 1.29 bits per heavy atom. The molecular formula is C9H10ClN3S. The number of aromatic nitrogens is 2. The Bertz CT molecular complexity index is 388. The average Bonchev–Trinajstić information content (AvgIpc) is 2.67. The van der Waals surface area contributed by atoms with Gasteiger partial charge in [-0.2, -0.15) is 0 Å². The van der Waals surface area contributed by atoms with Gasteiger partial charge in [-0.3, -0.25) is 4.98 Å². The van der Waals surface area contributed by atoms with Crippen molar-refractivity contribution in [3.8, 4) is 10.6 Å². The molecule has 0 saturated carbocycles. The van der Waals surface area contributed by atoms with Gasteiger partial charge in [0.05, 0.1) is 5.69 Å². The van der Waals surface area contributed by atoms with Crippen LogP contribution in [0, 0.1) is 0 Å². The first-order valence-electron chi connectivity index (χ1n) is 3.95. The van der Waals surface area contributed by atoms with Crippen LogP contribution in [0.25, 0.3) is 10.6 Å². The van der Waals surface area contributed by atoms with E-state index in [1.54, 1.807) is 23.7 Å². The lowest BCUT2D eigenvalue weighted by atomic mass is 10.3. The highest BCUT2D eigenvalue weighted by Gasteiger charge is 2.01. The van der Waals surface area contributed by atoms with Crippen LogP contribution in [0.2, 0.25) is 0 Å². The van der Waals surface area contributed by atoms with Crippen molar-refractivity contribution < 1.29 is 0 Å². The topological polar surface area (TPSA) is 51.8 Å². The Morgan fingerprint density at radius 2 is 2.00 bits per heavy atom. The molecule has 3 nitrogen and oxygen atoms in total. The van der Waals surface area contributed by atoms with Gasteiger partial charge in [0.1, 0.15) is 5.01 Å². The minimum atomic E-state index is 0. The van der Waals surface area contributed by atoms with Crippen LogP contribution in [-0.4, -0.2) is 9.97 Å². The maximum Gasteiger partial charge on any atom is 0.123 e. The van der Waals surface area contributed by atoms with Gasteiger partial charge < -0.3 is 5.73 Å². The van der Waals surface area contributed by atoms with Crippen LogP contribution in [0.3, 0.4) is 0 Å². The van der Waals surface area contributed by atoms with Crippen LogP contribution < -0.4 is 5.73 Å². The SMILES string of the molecule is Cl.NCc1csc(-c2ccncc2)n1.